The minimum absolute atomic E-state index is 0.166. The maximum Gasteiger partial charge on any atom is 0.305 e. The van der Waals surface area contributed by atoms with Crippen molar-refractivity contribution in [1.29, 1.82) is 0 Å². The number of carbonyl (C=O) groups excluding carboxylic acids is 2. The van der Waals surface area contributed by atoms with Crippen LogP contribution in [-0.4, -0.2) is 24.9 Å². The fraction of sp³-hybridized carbons (Fsp3) is 0.250. The standard InChI is InChI=1S/C16H17N3O3/c20-15(17-18-16(21)14-6-3-9-22-14)11-19-8-7-12-4-1-2-5-13(12)10-19/h1-6,9H,7-8,10-11H2,(H,17,20)(H,18,21)/p+1. The minimum atomic E-state index is -0.461. The van der Waals surface area contributed by atoms with E-state index < -0.39 is 5.91 Å². The number of hydrogen-bond acceptors (Lipinski definition) is 3. The van der Waals surface area contributed by atoms with E-state index in [1.54, 1.807) is 6.07 Å². The van der Waals surface area contributed by atoms with Crippen molar-refractivity contribution in [3.63, 3.8) is 0 Å². The van der Waals surface area contributed by atoms with E-state index in [-0.39, 0.29) is 11.7 Å². The van der Waals surface area contributed by atoms with Crippen LogP contribution in [0, 0.1) is 0 Å². The third-order valence-corrected chi connectivity index (χ3v) is 3.78. The predicted molar refractivity (Wildman–Crippen MR) is 78.9 cm³/mol. The molecule has 3 N–H and O–H groups in total. The molecule has 1 aromatic carbocycles. The molecule has 2 amide bonds. The van der Waals surface area contributed by atoms with Crippen LogP contribution in [0.5, 0.6) is 0 Å². The van der Waals surface area contributed by atoms with Crippen molar-refractivity contribution in [2.45, 2.75) is 13.0 Å². The van der Waals surface area contributed by atoms with E-state index in [9.17, 15) is 9.59 Å². The van der Waals surface area contributed by atoms with Gasteiger partial charge in [-0.05, 0) is 17.7 Å². The van der Waals surface area contributed by atoms with Crippen LogP contribution >= 0.6 is 0 Å². The van der Waals surface area contributed by atoms with Crippen LogP contribution in [0.15, 0.2) is 47.1 Å². The molecule has 0 radical (unpaired) electrons. The van der Waals surface area contributed by atoms with Gasteiger partial charge >= 0.3 is 5.91 Å². The highest BCUT2D eigenvalue weighted by atomic mass is 16.3. The second kappa shape index (κ2) is 6.44. The molecule has 2 heterocycles. The lowest BCUT2D eigenvalue weighted by atomic mass is 10.00. The second-order valence-corrected chi connectivity index (χ2v) is 5.35. The topological polar surface area (TPSA) is 75.8 Å². The van der Waals surface area contributed by atoms with Gasteiger partial charge in [0.1, 0.15) is 6.54 Å². The van der Waals surface area contributed by atoms with Crippen molar-refractivity contribution in [1.82, 2.24) is 10.9 Å². The van der Waals surface area contributed by atoms with Crippen molar-refractivity contribution < 1.29 is 18.9 Å². The van der Waals surface area contributed by atoms with Crippen LogP contribution in [0.2, 0.25) is 0 Å². The highest BCUT2D eigenvalue weighted by Gasteiger charge is 2.21. The molecule has 0 spiro atoms. The summed E-state index contributed by atoms with van der Waals surface area (Å²) in [4.78, 5) is 24.7. The van der Waals surface area contributed by atoms with E-state index in [0.29, 0.717) is 6.54 Å². The highest BCUT2D eigenvalue weighted by molar-refractivity contribution is 5.92. The SMILES string of the molecule is O=C(C[NH+]1CCc2ccccc2C1)NNC(=O)c1ccco1. The van der Waals surface area contributed by atoms with E-state index in [2.05, 4.69) is 23.0 Å². The maximum absolute atomic E-state index is 11.9. The van der Waals surface area contributed by atoms with Gasteiger partial charge in [0.25, 0.3) is 5.91 Å². The van der Waals surface area contributed by atoms with Crippen molar-refractivity contribution in [3.05, 3.63) is 59.5 Å². The first-order valence-corrected chi connectivity index (χ1v) is 7.25. The number of furan rings is 1. The zero-order valence-electron chi connectivity index (χ0n) is 12.1. The molecule has 22 heavy (non-hydrogen) atoms. The molecule has 1 aliphatic rings. The molecule has 0 aliphatic carbocycles. The molecule has 0 fully saturated rings. The van der Waals surface area contributed by atoms with Gasteiger partial charge in [0.05, 0.1) is 12.8 Å². The second-order valence-electron chi connectivity index (χ2n) is 5.35. The van der Waals surface area contributed by atoms with Crippen LogP contribution in [0.3, 0.4) is 0 Å². The van der Waals surface area contributed by atoms with Gasteiger partial charge in [-0.25, -0.2) is 0 Å². The minimum Gasteiger partial charge on any atom is -0.459 e. The largest absolute Gasteiger partial charge is 0.459 e. The molecule has 0 saturated carbocycles. The number of benzene rings is 1. The fourth-order valence-electron chi connectivity index (χ4n) is 2.66. The van der Waals surface area contributed by atoms with Crippen molar-refractivity contribution in [2.24, 2.45) is 0 Å². The van der Waals surface area contributed by atoms with Gasteiger partial charge < -0.3 is 9.32 Å². The quantitative estimate of drug-likeness (QED) is 0.680. The van der Waals surface area contributed by atoms with Gasteiger partial charge in [-0.15, -0.1) is 0 Å². The first-order valence-electron chi connectivity index (χ1n) is 7.25. The van der Waals surface area contributed by atoms with Crippen LogP contribution in [0.1, 0.15) is 21.7 Å². The third kappa shape index (κ3) is 3.35. The van der Waals surface area contributed by atoms with Crippen LogP contribution in [0.4, 0.5) is 0 Å². The Kier molecular flexibility index (Phi) is 4.20. The lowest BCUT2D eigenvalue weighted by molar-refractivity contribution is -0.908. The molecule has 3 rings (SSSR count). The molecule has 1 aromatic heterocycles. The monoisotopic (exact) mass is 300 g/mol. The average Bonchev–Trinajstić information content (AvgIpc) is 3.07. The normalized spacial score (nSPS) is 16.6. The number of hydrazine groups is 1. The number of rotatable bonds is 3. The van der Waals surface area contributed by atoms with Gasteiger partial charge in [-0.3, -0.25) is 20.4 Å². The molecule has 2 aromatic rings. The molecular weight excluding hydrogens is 282 g/mol. The third-order valence-electron chi connectivity index (χ3n) is 3.78. The average molecular weight is 300 g/mol. The van der Waals surface area contributed by atoms with Gasteiger partial charge in [-0.2, -0.15) is 0 Å². The van der Waals surface area contributed by atoms with E-state index >= 15 is 0 Å². The molecule has 114 valence electrons. The Morgan fingerprint density at radius 2 is 1.91 bits per heavy atom. The van der Waals surface area contributed by atoms with Crippen molar-refractivity contribution >= 4 is 11.8 Å². The van der Waals surface area contributed by atoms with E-state index in [1.165, 1.54) is 28.4 Å². The van der Waals surface area contributed by atoms with Gasteiger partial charge in [-0.1, -0.05) is 24.3 Å². The van der Waals surface area contributed by atoms with Crippen LogP contribution in [-0.2, 0) is 17.8 Å². The molecule has 0 bridgehead atoms. The highest BCUT2D eigenvalue weighted by Crippen LogP contribution is 2.10. The van der Waals surface area contributed by atoms with Crippen molar-refractivity contribution in [2.75, 3.05) is 13.1 Å². The summed E-state index contributed by atoms with van der Waals surface area (Å²) in [5.41, 5.74) is 7.42. The zero-order valence-corrected chi connectivity index (χ0v) is 12.1. The summed E-state index contributed by atoms with van der Waals surface area (Å²) >= 11 is 0. The van der Waals surface area contributed by atoms with Crippen molar-refractivity contribution in [3.8, 4) is 0 Å². The number of fused-ring (bicyclic) bond motifs is 1. The first kappa shape index (κ1) is 14.3. The van der Waals surface area contributed by atoms with Gasteiger partial charge in [0, 0.05) is 12.0 Å². The summed E-state index contributed by atoms with van der Waals surface area (Å²) in [6.07, 6.45) is 2.38. The lowest BCUT2D eigenvalue weighted by Crippen LogP contribution is -3.13. The molecule has 6 heteroatoms. The Balaban J connectivity index is 1.48. The van der Waals surface area contributed by atoms with Gasteiger partial charge in [0.15, 0.2) is 12.3 Å². The Morgan fingerprint density at radius 1 is 1.09 bits per heavy atom. The Labute approximate surface area is 128 Å². The Morgan fingerprint density at radius 3 is 2.68 bits per heavy atom. The molecule has 1 atom stereocenters. The fourth-order valence-corrected chi connectivity index (χ4v) is 2.66. The molecule has 1 aliphatic heterocycles. The zero-order chi connectivity index (χ0) is 15.4. The van der Waals surface area contributed by atoms with E-state index in [0.717, 1.165) is 19.5 Å². The molecule has 1 unspecified atom stereocenters. The smallest absolute Gasteiger partial charge is 0.305 e. The van der Waals surface area contributed by atoms with E-state index in [4.69, 9.17) is 4.42 Å². The molecule has 6 nitrogen and oxygen atoms in total. The molecular formula is C16H18N3O3+. The number of amides is 2. The van der Waals surface area contributed by atoms with E-state index in [1.807, 2.05) is 12.1 Å². The maximum atomic E-state index is 11.9. The predicted octanol–water partition coefficient (Wildman–Crippen LogP) is -0.318. The molecule has 0 saturated heterocycles. The summed E-state index contributed by atoms with van der Waals surface area (Å²) in [5.74, 6) is -0.508. The Bertz CT molecular complexity index is 667. The summed E-state index contributed by atoms with van der Waals surface area (Å²) < 4.78 is 4.95. The lowest BCUT2D eigenvalue weighted by Gasteiger charge is -2.25. The van der Waals surface area contributed by atoms with Crippen LogP contribution in [0.25, 0.3) is 0 Å². The summed E-state index contributed by atoms with van der Waals surface area (Å²) in [7, 11) is 0. The van der Waals surface area contributed by atoms with Crippen LogP contribution < -0.4 is 15.8 Å². The number of quaternary nitrogens is 1. The Hall–Kier alpha value is -2.60. The summed E-state index contributed by atoms with van der Waals surface area (Å²) in [6, 6.07) is 11.5. The summed E-state index contributed by atoms with van der Waals surface area (Å²) in [5, 5.41) is 0. The number of carbonyl (C=O) groups is 2. The first-order chi connectivity index (χ1) is 10.7. The number of hydrogen-bond donors (Lipinski definition) is 3. The summed E-state index contributed by atoms with van der Waals surface area (Å²) in [6.45, 7) is 2.07. The number of nitrogens with one attached hydrogen (secondary N) is 3. The van der Waals surface area contributed by atoms with Gasteiger partial charge in [0.2, 0.25) is 0 Å².